The topological polar surface area (TPSA) is 30.5 Å². The maximum absolute atomic E-state index is 5.36. The van der Waals surface area contributed by atoms with E-state index in [0.717, 1.165) is 26.3 Å². The van der Waals surface area contributed by atoms with Crippen LogP contribution in [0.3, 0.4) is 0 Å². The summed E-state index contributed by atoms with van der Waals surface area (Å²) >= 11 is 0. The Hall–Kier alpha value is -0.120. The molecule has 15 heavy (non-hydrogen) atoms. The lowest BCUT2D eigenvalue weighted by Crippen LogP contribution is -2.20. The van der Waals surface area contributed by atoms with E-state index in [0.29, 0.717) is 19.1 Å². The molecular weight excluding hydrogens is 190 g/mol. The zero-order valence-corrected chi connectivity index (χ0v) is 11.1. The second kappa shape index (κ2) is 16.3. The Balaban J connectivity index is 0. The summed E-state index contributed by atoms with van der Waals surface area (Å²) in [7, 11) is 0. The quantitative estimate of drug-likeness (QED) is 0.604. The molecule has 0 saturated heterocycles. The molecule has 0 atom stereocenters. The van der Waals surface area contributed by atoms with Crippen LogP contribution in [0.4, 0.5) is 0 Å². The van der Waals surface area contributed by atoms with Gasteiger partial charge in [0, 0.05) is 13.2 Å². The van der Waals surface area contributed by atoms with Crippen molar-refractivity contribution in [2.24, 2.45) is 5.92 Å². The molecule has 0 aliphatic rings. The summed E-state index contributed by atoms with van der Waals surface area (Å²) in [6, 6.07) is 0. The van der Waals surface area contributed by atoms with Crippen molar-refractivity contribution in [3.05, 3.63) is 0 Å². The Morgan fingerprint density at radius 2 is 1.60 bits per heavy atom. The zero-order chi connectivity index (χ0) is 11.9. The predicted molar refractivity (Wildman–Crippen MR) is 66.4 cm³/mol. The lowest BCUT2D eigenvalue weighted by atomic mass is 10.2. The van der Waals surface area contributed by atoms with Crippen LogP contribution in [0.15, 0.2) is 0 Å². The van der Waals surface area contributed by atoms with Gasteiger partial charge in [-0.3, -0.25) is 0 Å². The maximum atomic E-state index is 5.36. The van der Waals surface area contributed by atoms with Crippen LogP contribution in [-0.2, 0) is 9.47 Å². The fraction of sp³-hybridized carbons (Fsp3) is 1.00. The van der Waals surface area contributed by atoms with Crippen LogP contribution in [0.5, 0.6) is 0 Å². The molecular formula is C12H29NO2. The number of nitrogens with one attached hydrogen (secondary N) is 1. The van der Waals surface area contributed by atoms with Crippen LogP contribution in [0, 0.1) is 5.92 Å². The molecule has 0 fully saturated rings. The summed E-state index contributed by atoms with van der Waals surface area (Å²) in [5.74, 6) is 0.613. The molecule has 94 valence electrons. The minimum atomic E-state index is 0.613. The molecule has 0 radical (unpaired) electrons. The summed E-state index contributed by atoms with van der Waals surface area (Å²) in [6.45, 7) is 15.3. The van der Waals surface area contributed by atoms with Gasteiger partial charge in [0.1, 0.15) is 0 Å². The smallest absolute Gasteiger partial charge is 0.0701 e. The largest absolute Gasteiger partial charge is 0.379 e. The first-order valence-corrected chi connectivity index (χ1v) is 6.13. The average Bonchev–Trinajstić information content (AvgIpc) is 2.24. The first-order valence-electron chi connectivity index (χ1n) is 6.13. The van der Waals surface area contributed by atoms with Crippen molar-refractivity contribution in [2.75, 3.05) is 39.5 Å². The van der Waals surface area contributed by atoms with Crippen LogP contribution >= 0.6 is 0 Å². The van der Waals surface area contributed by atoms with Crippen LogP contribution in [0.1, 0.15) is 34.6 Å². The van der Waals surface area contributed by atoms with E-state index in [9.17, 15) is 0 Å². The molecule has 0 aromatic carbocycles. The van der Waals surface area contributed by atoms with E-state index in [-0.39, 0.29) is 0 Å². The highest BCUT2D eigenvalue weighted by atomic mass is 16.5. The molecule has 0 saturated carbocycles. The summed E-state index contributed by atoms with van der Waals surface area (Å²) in [6.07, 6.45) is 0. The number of hydrogen-bond acceptors (Lipinski definition) is 3. The summed E-state index contributed by atoms with van der Waals surface area (Å²) in [5.41, 5.74) is 0. The highest BCUT2D eigenvalue weighted by Crippen LogP contribution is 1.91. The van der Waals surface area contributed by atoms with E-state index in [2.05, 4.69) is 26.1 Å². The summed E-state index contributed by atoms with van der Waals surface area (Å²) < 4.78 is 10.7. The molecule has 0 aliphatic heterocycles. The van der Waals surface area contributed by atoms with Gasteiger partial charge in [-0.15, -0.1) is 0 Å². The van der Waals surface area contributed by atoms with Gasteiger partial charge in [0.15, 0.2) is 0 Å². The van der Waals surface area contributed by atoms with Crippen molar-refractivity contribution in [2.45, 2.75) is 34.6 Å². The van der Waals surface area contributed by atoms with E-state index in [1.54, 1.807) is 0 Å². The number of hydrogen-bond donors (Lipinski definition) is 1. The van der Waals surface area contributed by atoms with E-state index >= 15 is 0 Å². The lowest BCUT2D eigenvalue weighted by Gasteiger charge is -2.07. The molecule has 1 N–H and O–H groups in total. The molecule has 0 spiro atoms. The Morgan fingerprint density at radius 3 is 2.13 bits per heavy atom. The minimum Gasteiger partial charge on any atom is -0.379 e. The SMILES string of the molecule is CC.CCNCCOCCOCC(C)C. The molecule has 0 aliphatic carbocycles. The van der Waals surface area contributed by atoms with Crippen molar-refractivity contribution in [1.82, 2.24) is 5.32 Å². The molecule has 3 nitrogen and oxygen atoms in total. The maximum Gasteiger partial charge on any atom is 0.0701 e. The van der Waals surface area contributed by atoms with Crippen molar-refractivity contribution in [1.29, 1.82) is 0 Å². The fourth-order valence-electron chi connectivity index (χ4n) is 0.860. The van der Waals surface area contributed by atoms with E-state index in [1.165, 1.54) is 0 Å². The normalized spacial score (nSPS) is 10.0. The Labute approximate surface area is 95.5 Å². The third-order valence-electron chi connectivity index (χ3n) is 1.50. The van der Waals surface area contributed by atoms with Gasteiger partial charge in [0.05, 0.1) is 19.8 Å². The van der Waals surface area contributed by atoms with Gasteiger partial charge >= 0.3 is 0 Å². The van der Waals surface area contributed by atoms with Gasteiger partial charge in [-0.2, -0.15) is 0 Å². The van der Waals surface area contributed by atoms with Gasteiger partial charge in [0.2, 0.25) is 0 Å². The highest BCUT2D eigenvalue weighted by molar-refractivity contribution is 4.41. The Bertz CT molecular complexity index is 97.6. The molecule has 0 bridgehead atoms. The number of rotatable bonds is 9. The molecule has 0 aromatic heterocycles. The lowest BCUT2D eigenvalue weighted by molar-refractivity contribution is 0.0389. The monoisotopic (exact) mass is 219 g/mol. The van der Waals surface area contributed by atoms with Gasteiger partial charge in [-0.25, -0.2) is 0 Å². The zero-order valence-electron chi connectivity index (χ0n) is 11.1. The molecule has 0 unspecified atom stereocenters. The standard InChI is InChI=1S/C10H23NO2.C2H6/c1-4-11-5-6-12-7-8-13-9-10(2)3;1-2/h10-11H,4-9H2,1-3H3;1-2H3. The van der Waals surface area contributed by atoms with Crippen molar-refractivity contribution < 1.29 is 9.47 Å². The van der Waals surface area contributed by atoms with Crippen LogP contribution in [0.2, 0.25) is 0 Å². The third-order valence-corrected chi connectivity index (χ3v) is 1.50. The Kier molecular flexibility index (Phi) is 18.8. The van der Waals surface area contributed by atoms with Gasteiger partial charge in [-0.05, 0) is 12.5 Å². The van der Waals surface area contributed by atoms with Gasteiger partial charge in [0.25, 0.3) is 0 Å². The second-order valence-electron chi connectivity index (χ2n) is 3.43. The Morgan fingerprint density at radius 1 is 1.00 bits per heavy atom. The van der Waals surface area contributed by atoms with E-state index in [1.807, 2.05) is 13.8 Å². The van der Waals surface area contributed by atoms with Crippen LogP contribution in [0.25, 0.3) is 0 Å². The first kappa shape index (κ1) is 17.3. The minimum absolute atomic E-state index is 0.613. The van der Waals surface area contributed by atoms with Crippen molar-refractivity contribution in [3.63, 3.8) is 0 Å². The first-order chi connectivity index (χ1) is 7.27. The highest BCUT2D eigenvalue weighted by Gasteiger charge is 1.93. The van der Waals surface area contributed by atoms with Crippen molar-refractivity contribution in [3.8, 4) is 0 Å². The number of likely N-dealkylation sites (N-methyl/N-ethyl adjacent to an activating group) is 1. The third kappa shape index (κ3) is 20.1. The van der Waals surface area contributed by atoms with E-state index in [4.69, 9.17) is 9.47 Å². The van der Waals surface area contributed by atoms with E-state index < -0.39 is 0 Å². The summed E-state index contributed by atoms with van der Waals surface area (Å²) in [4.78, 5) is 0. The molecule has 0 rings (SSSR count). The number of ether oxygens (including phenoxy) is 2. The van der Waals surface area contributed by atoms with Crippen LogP contribution < -0.4 is 5.32 Å². The fourth-order valence-corrected chi connectivity index (χ4v) is 0.860. The molecule has 3 heteroatoms. The van der Waals surface area contributed by atoms with Gasteiger partial charge < -0.3 is 14.8 Å². The average molecular weight is 219 g/mol. The molecule has 0 aromatic rings. The predicted octanol–water partition coefficient (Wildman–Crippen LogP) is 2.31. The summed E-state index contributed by atoms with van der Waals surface area (Å²) in [5, 5.41) is 3.19. The van der Waals surface area contributed by atoms with Crippen molar-refractivity contribution >= 4 is 0 Å². The van der Waals surface area contributed by atoms with Crippen LogP contribution in [-0.4, -0.2) is 39.5 Å². The molecule has 0 amide bonds. The molecule has 0 heterocycles. The second-order valence-corrected chi connectivity index (χ2v) is 3.43. The van der Waals surface area contributed by atoms with Gasteiger partial charge in [-0.1, -0.05) is 34.6 Å².